The Bertz CT molecular complexity index is 346. The molecule has 1 aromatic rings. The number of ether oxygens (including phenoxy) is 1. The molecule has 0 bridgehead atoms. The summed E-state index contributed by atoms with van der Waals surface area (Å²) in [6.07, 6.45) is 2.50. The fourth-order valence-electron chi connectivity index (χ4n) is 2.21. The third-order valence-corrected chi connectivity index (χ3v) is 4.22. The largest absolute Gasteiger partial charge is 0.496 e. The lowest BCUT2D eigenvalue weighted by Crippen LogP contribution is -2.08. The Morgan fingerprint density at radius 3 is 2.75 bits per heavy atom. The van der Waals surface area contributed by atoms with Gasteiger partial charge in [-0.15, -0.1) is 0 Å². The number of rotatable bonds is 3. The summed E-state index contributed by atoms with van der Waals surface area (Å²) < 4.78 is 5.21. The third kappa shape index (κ3) is 2.53. The third-order valence-electron chi connectivity index (χ3n) is 3.17. The summed E-state index contributed by atoms with van der Waals surface area (Å²) in [5, 5.41) is 9.29. The standard InChI is InChI=1S/C13H18O2S/c1-15-13-3-2-11(8-12(13)9-14)10-4-6-16-7-5-10/h2-3,8,10,14H,4-7,9H2,1H3. The van der Waals surface area contributed by atoms with Crippen molar-refractivity contribution in [2.75, 3.05) is 18.6 Å². The molecule has 1 N–H and O–H groups in total. The van der Waals surface area contributed by atoms with Crippen LogP contribution in [-0.4, -0.2) is 23.7 Å². The minimum atomic E-state index is 0.0541. The molecule has 1 fully saturated rings. The van der Waals surface area contributed by atoms with Crippen LogP contribution in [0.1, 0.15) is 29.9 Å². The van der Waals surface area contributed by atoms with Gasteiger partial charge in [-0.1, -0.05) is 6.07 Å². The second-order valence-electron chi connectivity index (χ2n) is 4.12. The molecule has 0 aliphatic carbocycles. The van der Waals surface area contributed by atoms with Crippen LogP contribution in [0.2, 0.25) is 0 Å². The predicted octanol–water partition coefficient (Wildman–Crippen LogP) is 2.80. The molecule has 0 amide bonds. The zero-order valence-corrected chi connectivity index (χ0v) is 10.4. The van der Waals surface area contributed by atoms with Crippen molar-refractivity contribution < 1.29 is 9.84 Å². The highest BCUT2D eigenvalue weighted by Crippen LogP contribution is 2.33. The van der Waals surface area contributed by atoms with Gasteiger partial charge < -0.3 is 9.84 Å². The molecule has 1 saturated heterocycles. The summed E-state index contributed by atoms with van der Waals surface area (Å²) in [4.78, 5) is 0. The lowest BCUT2D eigenvalue weighted by Gasteiger charge is -2.22. The molecule has 1 heterocycles. The van der Waals surface area contributed by atoms with E-state index in [2.05, 4.69) is 12.1 Å². The molecule has 88 valence electrons. The molecule has 0 spiro atoms. The molecular weight excluding hydrogens is 220 g/mol. The summed E-state index contributed by atoms with van der Waals surface area (Å²) >= 11 is 2.04. The summed E-state index contributed by atoms with van der Waals surface area (Å²) in [7, 11) is 1.64. The molecule has 3 heteroatoms. The van der Waals surface area contributed by atoms with Crippen molar-refractivity contribution in [1.29, 1.82) is 0 Å². The average molecular weight is 238 g/mol. The normalized spacial score (nSPS) is 17.4. The van der Waals surface area contributed by atoms with Crippen LogP contribution < -0.4 is 4.74 Å². The van der Waals surface area contributed by atoms with Gasteiger partial charge in [0.2, 0.25) is 0 Å². The highest BCUT2D eigenvalue weighted by atomic mass is 32.2. The number of hydrogen-bond donors (Lipinski definition) is 1. The van der Waals surface area contributed by atoms with Crippen LogP contribution >= 0.6 is 11.8 Å². The molecule has 0 radical (unpaired) electrons. The molecule has 0 aromatic heterocycles. The van der Waals surface area contributed by atoms with Crippen LogP contribution in [0.5, 0.6) is 5.75 Å². The second kappa shape index (κ2) is 5.60. The van der Waals surface area contributed by atoms with Crippen LogP contribution in [0.3, 0.4) is 0 Å². The van der Waals surface area contributed by atoms with Gasteiger partial charge in [-0.25, -0.2) is 0 Å². The van der Waals surface area contributed by atoms with Gasteiger partial charge in [-0.05, 0) is 48.0 Å². The molecule has 2 rings (SSSR count). The van der Waals surface area contributed by atoms with E-state index in [0.29, 0.717) is 5.92 Å². The maximum absolute atomic E-state index is 9.29. The fourth-order valence-corrected chi connectivity index (χ4v) is 3.31. The Balaban J connectivity index is 2.20. The first-order valence-electron chi connectivity index (χ1n) is 5.70. The number of benzene rings is 1. The van der Waals surface area contributed by atoms with Gasteiger partial charge in [0.05, 0.1) is 13.7 Å². The first-order chi connectivity index (χ1) is 7.85. The number of aliphatic hydroxyl groups excluding tert-OH is 1. The topological polar surface area (TPSA) is 29.5 Å². The van der Waals surface area contributed by atoms with E-state index in [1.165, 1.54) is 29.9 Å². The molecule has 2 nitrogen and oxygen atoms in total. The Hall–Kier alpha value is -0.670. The highest BCUT2D eigenvalue weighted by molar-refractivity contribution is 7.99. The van der Waals surface area contributed by atoms with Gasteiger partial charge in [-0.3, -0.25) is 0 Å². The lowest BCUT2D eigenvalue weighted by molar-refractivity contribution is 0.273. The van der Waals surface area contributed by atoms with E-state index in [-0.39, 0.29) is 6.61 Å². The summed E-state index contributed by atoms with van der Waals surface area (Å²) in [6, 6.07) is 6.21. The first-order valence-corrected chi connectivity index (χ1v) is 6.86. The van der Waals surface area contributed by atoms with Crippen molar-refractivity contribution in [3.05, 3.63) is 29.3 Å². The number of hydrogen-bond acceptors (Lipinski definition) is 3. The van der Waals surface area contributed by atoms with E-state index in [9.17, 15) is 5.11 Å². The van der Waals surface area contributed by atoms with E-state index in [1.807, 2.05) is 17.8 Å². The van der Waals surface area contributed by atoms with Crippen LogP contribution in [0, 0.1) is 0 Å². The quantitative estimate of drug-likeness (QED) is 0.878. The van der Waals surface area contributed by atoms with Crippen molar-refractivity contribution in [1.82, 2.24) is 0 Å². The van der Waals surface area contributed by atoms with E-state index in [0.717, 1.165) is 11.3 Å². The van der Waals surface area contributed by atoms with Crippen molar-refractivity contribution in [2.24, 2.45) is 0 Å². The Morgan fingerprint density at radius 2 is 2.12 bits per heavy atom. The Morgan fingerprint density at radius 1 is 1.38 bits per heavy atom. The minimum absolute atomic E-state index is 0.0541. The smallest absolute Gasteiger partial charge is 0.124 e. The summed E-state index contributed by atoms with van der Waals surface area (Å²) in [5.41, 5.74) is 2.25. The van der Waals surface area contributed by atoms with Gasteiger partial charge in [0.15, 0.2) is 0 Å². The van der Waals surface area contributed by atoms with Crippen molar-refractivity contribution >= 4 is 11.8 Å². The predicted molar refractivity (Wildman–Crippen MR) is 68.2 cm³/mol. The molecule has 0 unspecified atom stereocenters. The van der Waals surface area contributed by atoms with Gasteiger partial charge in [-0.2, -0.15) is 11.8 Å². The Labute approximate surface area is 101 Å². The molecule has 16 heavy (non-hydrogen) atoms. The van der Waals surface area contributed by atoms with E-state index in [1.54, 1.807) is 7.11 Å². The van der Waals surface area contributed by atoms with Gasteiger partial charge in [0.25, 0.3) is 0 Å². The van der Waals surface area contributed by atoms with Crippen LogP contribution in [0.25, 0.3) is 0 Å². The number of methoxy groups -OCH3 is 1. The van der Waals surface area contributed by atoms with E-state index < -0.39 is 0 Å². The monoisotopic (exact) mass is 238 g/mol. The van der Waals surface area contributed by atoms with E-state index >= 15 is 0 Å². The van der Waals surface area contributed by atoms with Crippen LogP contribution in [-0.2, 0) is 6.61 Å². The molecular formula is C13H18O2S. The lowest BCUT2D eigenvalue weighted by atomic mass is 9.92. The Kier molecular flexibility index (Phi) is 4.13. The minimum Gasteiger partial charge on any atom is -0.496 e. The fraction of sp³-hybridized carbons (Fsp3) is 0.538. The van der Waals surface area contributed by atoms with Crippen molar-refractivity contribution in [2.45, 2.75) is 25.4 Å². The highest BCUT2D eigenvalue weighted by Gasteiger charge is 2.16. The molecule has 0 atom stereocenters. The van der Waals surface area contributed by atoms with E-state index in [4.69, 9.17) is 4.74 Å². The van der Waals surface area contributed by atoms with Gasteiger partial charge in [0, 0.05) is 5.56 Å². The summed E-state index contributed by atoms with van der Waals surface area (Å²) in [5.74, 6) is 3.96. The van der Waals surface area contributed by atoms with Crippen LogP contribution in [0.15, 0.2) is 18.2 Å². The molecule has 1 aliphatic heterocycles. The number of aliphatic hydroxyl groups is 1. The molecule has 1 aromatic carbocycles. The van der Waals surface area contributed by atoms with Gasteiger partial charge >= 0.3 is 0 Å². The SMILES string of the molecule is COc1ccc(C2CCSCC2)cc1CO. The average Bonchev–Trinajstić information content (AvgIpc) is 2.39. The second-order valence-corrected chi connectivity index (χ2v) is 5.34. The molecule has 1 aliphatic rings. The maximum Gasteiger partial charge on any atom is 0.124 e. The van der Waals surface area contributed by atoms with Crippen LogP contribution in [0.4, 0.5) is 0 Å². The maximum atomic E-state index is 9.29. The first kappa shape index (κ1) is 11.8. The summed E-state index contributed by atoms with van der Waals surface area (Å²) in [6.45, 7) is 0.0541. The van der Waals surface area contributed by atoms with Crippen molar-refractivity contribution in [3.8, 4) is 5.75 Å². The zero-order valence-electron chi connectivity index (χ0n) is 9.61. The number of thioether (sulfide) groups is 1. The van der Waals surface area contributed by atoms with Crippen molar-refractivity contribution in [3.63, 3.8) is 0 Å². The molecule has 0 saturated carbocycles. The van der Waals surface area contributed by atoms with Gasteiger partial charge in [0.1, 0.15) is 5.75 Å². The zero-order chi connectivity index (χ0) is 11.4.